The molecule has 1 amide bonds. The zero-order valence-electron chi connectivity index (χ0n) is 12.9. The maximum absolute atomic E-state index is 11.9. The molecule has 0 aliphatic carbocycles. The average molecular weight is 401 g/mol. The van der Waals surface area contributed by atoms with Gasteiger partial charge in [0.15, 0.2) is 0 Å². The fraction of sp³-hybridized carbons (Fsp3) is 0.0625. The summed E-state index contributed by atoms with van der Waals surface area (Å²) >= 11 is 3.21. The van der Waals surface area contributed by atoms with Crippen molar-refractivity contribution in [1.29, 1.82) is 0 Å². The van der Waals surface area contributed by atoms with Gasteiger partial charge in [0.25, 0.3) is 5.91 Å². The Hall–Kier alpha value is -3.07. The number of aromatic nitrogens is 4. The Morgan fingerprint density at radius 2 is 2.08 bits per heavy atom. The van der Waals surface area contributed by atoms with Crippen LogP contribution in [0.1, 0.15) is 5.56 Å². The first-order valence-electron chi connectivity index (χ1n) is 7.25. The molecule has 1 heterocycles. The molecule has 0 saturated carbocycles. The van der Waals surface area contributed by atoms with E-state index in [4.69, 9.17) is 0 Å². The fourth-order valence-corrected chi connectivity index (χ4v) is 2.36. The van der Waals surface area contributed by atoms with Crippen LogP contribution < -0.4 is 5.43 Å². The summed E-state index contributed by atoms with van der Waals surface area (Å²) in [5, 5.41) is 25.2. The number of carbonyl (C=O) groups excluding carboxylic acids is 1. The third-order valence-electron chi connectivity index (χ3n) is 3.14. The minimum absolute atomic E-state index is 0.101. The molecule has 0 fully saturated rings. The number of hydrogen-bond donors (Lipinski definition) is 2. The van der Waals surface area contributed by atoms with Crippen LogP contribution in [0.4, 0.5) is 0 Å². The molecule has 25 heavy (non-hydrogen) atoms. The van der Waals surface area contributed by atoms with Crippen molar-refractivity contribution in [3.05, 3.63) is 58.6 Å². The van der Waals surface area contributed by atoms with E-state index < -0.39 is 0 Å². The highest BCUT2D eigenvalue weighted by Crippen LogP contribution is 2.23. The van der Waals surface area contributed by atoms with E-state index in [2.05, 4.69) is 41.9 Å². The number of rotatable bonds is 5. The van der Waals surface area contributed by atoms with E-state index in [-0.39, 0.29) is 18.2 Å². The zero-order chi connectivity index (χ0) is 17.6. The summed E-state index contributed by atoms with van der Waals surface area (Å²) in [4.78, 5) is 13.1. The highest BCUT2D eigenvalue weighted by atomic mass is 79.9. The predicted octanol–water partition coefficient (Wildman–Crippen LogP) is 1.96. The maximum atomic E-state index is 11.9. The van der Waals surface area contributed by atoms with Gasteiger partial charge in [-0.25, -0.2) is 5.43 Å². The van der Waals surface area contributed by atoms with Crippen molar-refractivity contribution >= 4 is 28.1 Å². The number of hydrogen-bond acceptors (Lipinski definition) is 6. The van der Waals surface area contributed by atoms with Crippen LogP contribution in [0.5, 0.6) is 5.75 Å². The molecule has 3 aromatic rings. The lowest BCUT2D eigenvalue weighted by Gasteiger charge is -1.99. The van der Waals surface area contributed by atoms with E-state index in [9.17, 15) is 9.90 Å². The number of tetrazole rings is 1. The molecule has 3 rings (SSSR count). The molecular formula is C16H13BrN6O2. The van der Waals surface area contributed by atoms with Gasteiger partial charge >= 0.3 is 0 Å². The Balaban J connectivity index is 1.57. The van der Waals surface area contributed by atoms with Crippen LogP contribution in [0.25, 0.3) is 11.4 Å². The highest BCUT2D eigenvalue weighted by molar-refractivity contribution is 9.10. The van der Waals surface area contributed by atoms with Crippen molar-refractivity contribution in [2.75, 3.05) is 0 Å². The quantitative estimate of drug-likeness (QED) is 0.502. The molecule has 0 aliphatic rings. The van der Waals surface area contributed by atoms with Crippen LogP contribution in [0, 0.1) is 0 Å². The minimum Gasteiger partial charge on any atom is -0.507 e. The fourth-order valence-electron chi connectivity index (χ4n) is 1.96. The summed E-state index contributed by atoms with van der Waals surface area (Å²) in [6, 6.07) is 14.2. The van der Waals surface area contributed by atoms with Crippen molar-refractivity contribution in [3.8, 4) is 17.1 Å². The van der Waals surface area contributed by atoms with Gasteiger partial charge in [0.2, 0.25) is 5.82 Å². The molecule has 8 nitrogen and oxygen atoms in total. The molecule has 0 radical (unpaired) electrons. The van der Waals surface area contributed by atoms with Gasteiger partial charge in [-0.2, -0.15) is 9.90 Å². The van der Waals surface area contributed by atoms with Gasteiger partial charge in [0.1, 0.15) is 12.3 Å². The molecule has 0 saturated heterocycles. The molecule has 0 bridgehead atoms. The SMILES string of the molecule is O=C(Cn1nnc(-c2ccccc2)n1)N/N=C/c1ccc(O)c(Br)c1. The summed E-state index contributed by atoms with van der Waals surface area (Å²) in [5.41, 5.74) is 3.93. The number of carbonyl (C=O) groups is 1. The van der Waals surface area contributed by atoms with Crippen LogP contribution in [0.15, 0.2) is 58.1 Å². The monoisotopic (exact) mass is 400 g/mol. The molecule has 2 N–H and O–H groups in total. The van der Waals surface area contributed by atoms with Crippen LogP contribution >= 0.6 is 15.9 Å². The first kappa shape index (κ1) is 16.8. The van der Waals surface area contributed by atoms with E-state index in [1.807, 2.05) is 30.3 Å². The Morgan fingerprint density at radius 1 is 1.28 bits per heavy atom. The number of phenols is 1. The number of halogens is 1. The Kier molecular flexibility index (Phi) is 5.14. The molecular weight excluding hydrogens is 388 g/mol. The second-order valence-corrected chi connectivity index (χ2v) is 5.87. The molecule has 0 unspecified atom stereocenters. The second-order valence-electron chi connectivity index (χ2n) is 5.01. The summed E-state index contributed by atoms with van der Waals surface area (Å²) in [6.07, 6.45) is 1.46. The number of benzene rings is 2. The van der Waals surface area contributed by atoms with E-state index in [0.717, 1.165) is 11.1 Å². The topological polar surface area (TPSA) is 105 Å². The lowest BCUT2D eigenvalue weighted by Crippen LogP contribution is -2.24. The first-order chi connectivity index (χ1) is 12.1. The van der Waals surface area contributed by atoms with E-state index in [0.29, 0.717) is 10.3 Å². The predicted molar refractivity (Wildman–Crippen MR) is 94.8 cm³/mol. The summed E-state index contributed by atoms with van der Waals surface area (Å²) in [6.45, 7) is -0.101. The molecule has 9 heteroatoms. The van der Waals surface area contributed by atoms with Crippen molar-refractivity contribution in [1.82, 2.24) is 25.6 Å². The third kappa shape index (κ3) is 4.48. The van der Waals surface area contributed by atoms with Gasteiger partial charge in [0, 0.05) is 5.56 Å². The highest BCUT2D eigenvalue weighted by Gasteiger charge is 2.08. The van der Waals surface area contributed by atoms with Crippen LogP contribution in [-0.4, -0.2) is 37.4 Å². The van der Waals surface area contributed by atoms with Crippen molar-refractivity contribution in [3.63, 3.8) is 0 Å². The molecule has 0 atom stereocenters. The van der Waals surface area contributed by atoms with Gasteiger partial charge in [-0.15, -0.1) is 10.2 Å². The van der Waals surface area contributed by atoms with Gasteiger partial charge in [-0.05, 0) is 44.9 Å². The normalized spacial score (nSPS) is 10.9. The first-order valence-corrected chi connectivity index (χ1v) is 8.05. The number of aromatic hydroxyl groups is 1. The van der Waals surface area contributed by atoms with Crippen molar-refractivity contribution in [2.45, 2.75) is 6.54 Å². The number of amides is 1. The van der Waals surface area contributed by atoms with Crippen molar-refractivity contribution in [2.24, 2.45) is 5.10 Å². The molecule has 2 aromatic carbocycles. The number of phenolic OH excluding ortho intramolecular Hbond substituents is 1. The van der Waals surface area contributed by atoms with Gasteiger partial charge < -0.3 is 5.11 Å². The average Bonchev–Trinajstić information content (AvgIpc) is 3.07. The van der Waals surface area contributed by atoms with Gasteiger partial charge in [-0.1, -0.05) is 30.3 Å². The Morgan fingerprint density at radius 3 is 2.84 bits per heavy atom. The lowest BCUT2D eigenvalue weighted by atomic mass is 10.2. The largest absolute Gasteiger partial charge is 0.507 e. The molecule has 0 spiro atoms. The number of nitrogens with one attached hydrogen (secondary N) is 1. The second kappa shape index (κ2) is 7.67. The summed E-state index contributed by atoms with van der Waals surface area (Å²) < 4.78 is 0.544. The third-order valence-corrected chi connectivity index (χ3v) is 3.78. The van der Waals surface area contributed by atoms with E-state index in [1.54, 1.807) is 12.1 Å². The maximum Gasteiger partial charge on any atom is 0.263 e. The summed E-state index contributed by atoms with van der Waals surface area (Å²) in [5.74, 6) is 0.199. The molecule has 126 valence electrons. The minimum atomic E-state index is -0.383. The lowest BCUT2D eigenvalue weighted by molar-refractivity contribution is -0.122. The number of hydrazone groups is 1. The standard InChI is InChI=1S/C16H13BrN6O2/c17-13-8-11(6-7-14(13)24)9-18-19-15(25)10-23-21-16(20-22-23)12-4-2-1-3-5-12/h1-9,24H,10H2,(H,19,25)/b18-9+. The van der Waals surface area contributed by atoms with Crippen LogP contribution in [-0.2, 0) is 11.3 Å². The van der Waals surface area contributed by atoms with Gasteiger partial charge in [-0.3, -0.25) is 4.79 Å². The number of nitrogens with zero attached hydrogens (tertiary/aromatic N) is 5. The smallest absolute Gasteiger partial charge is 0.263 e. The van der Waals surface area contributed by atoms with Crippen molar-refractivity contribution < 1.29 is 9.90 Å². The van der Waals surface area contributed by atoms with Crippen LogP contribution in [0.2, 0.25) is 0 Å². The Bertz CT molecular complexity index is 910. The van der Waals surface area contributed by atoms with Crippen LogP contribution in [0.3, 0.4) is 0 Å². The molecule has 0 aliphatic heterocycles. The zero-order valence-corrected chi connectivity index (χ0v) is 14.5. The molecule has 1 aromatic heterocycles. The Labute approximate surface area is 151 Å². The van der Waals surface area contributed by atoms with E-state index >= 15 is 0 Å². The van der Waals surface area contributed by atoms with Gasteiger partial charge in [0.05, 0.1) is 10.7 Å². The summed E-state index contributed by atoms with van der Waals surface area (Å²) in [7, 11) is 0. The van der Waals surface area contributed by atoms with E-state index in [1.165, 1.54) is 17.1 Å².